The molecule has 1 aliphatic heterocycles. The van der Waals surface area contributed by atoms with E-state index < -0.39 is 0 Å². The summed E-state index contributed by atoms with van der Waals surface area (Å²) < 4.78 is 0. The minimum absolute atomic E-state index is 0.530. The van der Waals surface area contributed by atoms with Crippen LogP contribution in [0.15, 0.2) is 12.4 Å². The van der Waals surface area contributed by atoms with Crippen molar-refractivity contribution in [1.82, 2.24) is 9.97 Å². The molecule has 0 unspecified atom stereocenters. The predicted octanol–water partition coefficient (Wildman–Crippen LogP) is 2.74. The first-order chi connectivity index (χ1) is 6.38. The summed E-state index contributed by atoms with van der Waals surface area (Å²) >= 11 is 7.99. The van der Waals surface area contributed by atoms with Crippen molar-refractivity contribution < 1.29 is 0 Å². The second kappa shape index (κ2) is 4.29. The SMILES string of the molecule is Clc1nccnc1C1CCSCC1. The number of halogens is 1. The Balaban J connectivity index is 2.18. The number of thioether (sulfide) groups is 1. The van der Waals surface area contributed by atoms with E-state index in [1.54, 1.807) is 12.4 Å². The quantitative estimate of drug-likeness (QED) is 0.719. The van der Waals surface area contributed by atoms with Gasteiger partial charge in [0.25, 0.3) is 0 Å². The summed E-state index contributed by atoms with van der Waals surface area (Å²) in [5, 5.41) is 0.583. The fourth-order valence-electron chi connectivity index (χ4n) is 1.58. The van der Waals surface area contributed by atoms with Gasteiger partial charge in [-0.1, -0.05) is 11.6 Å². The van der Waals surface area contributed by atoms with Crippen molar-refractivity contribution in [3.05, 3.63) is 23.2 Å². The molecule has 2 heterocycles. The van der Waals surface area contributed by atoms with Crippen LogP contribution < -0.4 is 0 Å². The Kier molecular flexibility index (Phi) is 3.06. The molecule has 2 rings (SSSR count). The van der Waals surface area contributed by atoms with Gasteiger partial charge in [-0.15, -0.1) is 0 Å². The van der Waals surface area contributed by atoms with Crippen LogP contribution in [0.4, 0.5) is 0 Å². The van der Waals surface area contributed by atoms with Gasteiger partial charge in [0, 0.05) is 18.3 Å². The molecule has 0 spiro atoms. The maximum Gasteiger partial charge on any atom is 0.150 e. The first kappa shape index (κ1) is 9.28. The summed E-state index contributed by atoms with van der Waals surface area (Å²) in [5.74, 6) is 2.97. The Morgan fingerprint density at radius 3 is 2.62 bits per heavy atom. The summed E-state index contributed by atoms with van der Waals surface area (Å²) in [6.07, 6.45) is 5.73. The van der Waals surface area contributed by atoms with E-state index in [2.05, 4.69) is 9.97 Å². The van der Waals surface area contributed by atoms with E-state index in [-0.39, 0.29) is 0 Å². The van der Waals surface area contributed by atoms with Gasteiger partial charge in [0.15, 0.2) is 5.15 Å². The molecule has 0 saturated carbocycles. The molecule has 2 nitrogen and oxygen atoms in total. The molecule has 0 amide bonds. The zero-order valence-electron chi connectivity index (χ0n) is 7.24. The van der Waals surface area contributed by atoms with Gasteiger partial charge in [0.05, 0.1) is 5.69 Å². The van der Waals surface area contributed by atoms with Gasteiger partial charge in [0.2, 0.25) is 0 Å². The molecule has 0 aliphatic carbocycles. The van der Waals surface area contributed by atoms with Crippen molar-refractivity contribution in [2.75, 3.05) is 11.5 Å². The first-order valence-corrected chi connectivity index (χ1v) is 5.95. The summed E-state index contributed by atoms with van der Waals surface area (Å²) in [6.45, 7) is 0. The van der Waals surface area contributed by atoms with E-state index in [0.29, 0.717) is 11.1 Å². The summed E-state index contributed by atoms with van der Waals surface area (Å²) in [4.78, 5) is 8.35. The second-order valence-corrected chi connectivity index (χ2v) is 4.70. The van der Waals surface area contributed by atoms with Gasteiger partial charge in [-0.3, -0.25) is 4.98 Å². The van der Waals surface area contributed by atoms with Crippen molar-refractivity contribution in [3.63, 3.8) is 0 Å². The summed E-state index contributed by atoms with van der Waals surface area (Å²) in [5.41, 5.74) is 0.990. The van der Waals surface area contributed by atoms with Crippen LogP contribution in [-0.4, -0.2) is 21.5 Å². The molecule has 1 aromatic rings. The van der Waals surface area contributed by atoms with Crippen LogP contribution in [0.1, 0.15) is 24.5 Å². The van der Waals surface area contributed by atoms with Crippen LogP contribution in [0.5, 0.6) is 0 Å². The predicted molar refractivity (Wildman–Crippen MR) is 56.3 cm³/mol. The molecule has 1 aromatic heterocycles. The lowest BCUT2D eigenvalue weighted by molar-refractivity contribution is 0.616. The van der Waals surface area contributed by atoms with E-state index in [9.17, 15) is 0 Å². The third kappa shape index (κ3) is 2.15. The highest BCUT2D eigenvalue weighted by Gasteiger charge is 2.19. The zero-order chi connectivity index (χ0) is 9.10. The highest BCUT2D eigenvalue weighted by atomic mass is 35.5. The number of hydrogen-bond donors (Lipinski definition) is 0. The highest BCUT2D eigenvalue weighted by molar-refractivity contribution is 7.99. The zero-order valence-corrected chi connectivity index (χ0v) is 8.81. The lowest BCUT2D eigenvalue weighted by Crippen LogP contribution is -2.10. The molecule has 0 aromatic carbocycles. The Morgan fingerprint density at radius 2 is 1.92 bits per heavy atom. The Hall–Kier alpha value is -0.280. The highest BCUT2D eigenvalue weighted by Crippen LogP contribution is 2.32. The van der Waals surface area contributed by atoms with Crippen LogP contribution in [0.25, 0.3) is 0 Å². The lowest BCUT2D eigenvalue weighted by Gasteiger charge is -2.20. The monoisotopic (exact) mass is 214 g/mol. The van der Waals surface area contributed by atoms with Crippen LogP contribution >= 0.6 is 23.4 Å². The minimum atomic E-state index is 0.530. The number of nitrogens with zero attached hydrogens (tertiary/aromatic N) is 2. The average Bonchev–Trinajstić information content (AvgIpc) is 2.20. The number of aromatic nitrogens is 2. The fourth-order valence-corrected chi connectivity index (χ4v) is 2.94. The molecule has 0 N–H and O–H groups in total. The van der Waals surface area contributed by atoms with E-state index in [1.807, 2.05) is 11.8 Å². The van der Waals surface area contributed by atoms with E-state index in [0.717, 1.165) is 5.69 Å². The lowest BCUT2D eigenvalue weighted by atomic mass is 9.99. The molecule has 13 heavy (non-hydrogen) atoms. The Labute approximate surface area is 87.1 Å². The van der Waals surface area contributed by atoms with Crippen molar-refractivity contribution in [1.29, 1.82) is 0 Å². The van der Waals surface area contributed by atoms with Gasteiger partial charge in [-0.2, -0.15) is 11.8 Å². The van der Waals surface area contributed by atoms with Crippen LogP contribution in [-0.2, 0) is 0 Å². The average molecular weight is 215 g/mol. The van der Waals surface area contributed by atoms with Crippen molar-refractivity contribution >= 4 is 23.4 Å². The summed E-state index contributed by atoms with van der Waals surface area (Å²) in [6, 6.07) is 0. The third-order valence-corrected chi connectivity index (χ3v) is 3.63. The molecule has 0 radical (unpaired) electrons. The van der Waals surface area contributed by atoms with Gasteiger partial charge in [-0.05, 0) is 24.3 Å². The van der Waals surface area contributed by atoms with E-state index in [4.69, 9.17) is 11.6 Å². The molecule has 1 fully saturated rings. The standard InChI is InChI=1S/C9H11ClN2S/c10-9-8(11-3-4-12-9)7-1-5-13-6-2-7/h3-4,7H,1-2,5-6H2. The topological polar surface area (TPSA) is 25.8 Å². The second-order valence-electron chi connectivity index (χ2n) is 3.12. The maximum atomic E-state index is 5.98. The van der Waals surface area contributed by atoms with E-state index >= 15 is 0 Å². The van der Waals surface area contributed by atoms with Crippen molar-refractivity contribution in [2.24, 2.45) is 0 Å². The van der Waals surface area contributed by atoms with Crippen LogP contribution in [0, 0.1) is 0 Å². The van der Waals surface area contributed by atoms with Gasteiger partial charge in [-0.25, -0.2) is 4.98 Å². The molecule has 70 valence electrons. The molecular formula is C9H11ClN2S. The van der Waals surface area contributed by atoms with Crippen molar-refractivity contribution in [2.45, 2.75) is 18.8 Å². The van der Waals surface area contributed by atoms with Gasteiger partial charge < -0.3 is 0 Å². The Morgan fingerprint density at radius 1 is 1.23 bits per heavy atom. The van der Waals surface area contributed by atoms with Gasteiger partial charge in [0.1, 0.15) is 0 Å². The van der Waals surface area contributed by atoms with E-state index in [1.165, 1.54) is 24.3 Å². The normalized spacial score (nSPS) is 18.8. The van der Waals surface area contributed by atoms with Crippen LogP contribution in [0.2, 0.25) is 5.15 Å². The minimum Gasteiger partial charge on any atom is -0.256 e. The number of hydrogen-bond acceptors (Lipinski definition) is 3. The largest absolute Gasteiger partial charge is 0.256 e. The molecule has 4 heteroatoms. The van der Waals surface area contributed by atoms with Crippen LogP contribution in [0.3, 0.4) is 0 Å². The molecule has 1 saturated heterocycles. The fraction of sp³-hybridized carbons (Fsp3) is 0.556. The molecule has 0 atom stereocenters. The number of rotatable bonds is 1. The summed E-state index contributed by atoms with van der Waals surface area (Å²) in [7, 11) is 0. The molecule has 1 aliphatic rings. The first-order valence-electron chi connectivity index (χ1n) is 4.42. The maximum absolute atomic E-state index is 5.98. The Bertz CT molecular complexity index is 287. The van der Waals surface area contributed by atoms with Crippen molar-refractivity contribution in [3.8, 4) is 0 Å². The third-order valence-electron chi connectivity index (χ3n) is 2.29. The molecular weight excluding hydrogens is 204 g/mol. The molecule has 0 bridgehead atoms. The van der Waals surface area contributed by atoms with Gasteiger partial charge >= 0.3 is 0 Å². The smallest absolute Gasteiger partial charge is 0.150 e.